The van der Waals surface area contributed by atoms with Crippen LogP contribution in [0.15, 0.2) is 28.7 Å². The van der Waals surface area contributed by atoms with Gasteiger partial charge in [-0.3, -0.25) is 0 Å². The molecule has 1 heterocycles. The minimum absolute atomic E-state index is 1.11. The summed E-state index contributed by atoms with van der Waals surface area (Å²) in [7, 11) is 0. The van der Waals surface area contributed by atoms with Crippen LogP contribution in [0.2, 0.25) is 0 Å². The fourth-order valence-electron chi connectivity index (χ4n) is 2.22. The topological polar surface area (TPSA) is 12.9 Å². The summed E-state index contributed by atoms with van der Waals surface area (Å²) in [4.78, 5) is 4.83. The molecule has 0 atom stereocenters. The summed E-state index contributed by atoms with van der Waals surface area (Å²) in [6.07, 6.45) is 2.34. The van der Waals surface area contributed by atoms with Gasteiger partial charge in [0.05, 0.1) is 9.88 Å². The largest absolute Gasteiger partial charge is 0.236 e. The Morgan fingerprint density at radius 3 is 2.39 bits per heavy atom. The molecule has 2 aromatic rings. The average molecular weight is 320 g/mol. The summed E-state index contributed by atoms with van der Waals surface area (Å²) in [5.74, 6) is 0. The van der Waals surface area contributed by atoms with Crippen molar-refractivity contribution in [1.82, 2.24) is 4.98 Å². The lowest BCUT2D eigenvalue weighted by molar-refractivity contribution is 1.01. The van der Waals surface area contributed by atoms with Gasteiger partial charge in [-0.25, -0.2) is 4.98 Å². The van der Waals surface area contributed by atoms with Crippen molar-refractivity contribution in [2.24, 2.45) is 0 Å². The first-order valence-electron chi connectivity index (χ1n) is 6.07. The van der Waals surface area contributed by atoms with Gasteiger partial charge in [0.15, 0.2) is 0 Å². The van der Waals surface area contributed by atoms with Crippen molar-refractivity contribution in [3.05, 3.63) is 38.6 Å². The van der Waals surface area contributed by atoms with Crippen LogP contribution in [0.5, 0.6) is 0 Å². The fourth-order valence-corrected chi connectivity index (χ4v) is 3.66. The van der Waals surface area contributed by atoms with Crippen LogP contribution in [-0.2, 0) is 0 Å². The highest BCUT2D eigenvalue weighted by molar-refractivity contribution is 9.10. The van der Waals surface area contributed by atoms with Gasteiger partial charge >= 0.3 is 0 Å². The van der Waals surface area contributed by atoms with Crippen LogP contribution in [-0.4, -0.2) is 4.98 Å². The molecule has 3 heteroatoms. The summed E-state index contributed by atoms with van der Waals surface area (Å²) in [6.45, 7) is 4.44. The second-order valence-electron chi connectivity index (χ2n) is 4.76. The average Bonchev–Trinajstić information content (AvgIpc) is 2.81. The molecule has 0 amide bonds. The first kappa shape index (κ1) is 12.1. The highest BCUT2D eigenvalue weighted by Crippen LogP contribution is 2.23. The van der Waals surface area contributed by atoms with E-state index >= 15 is 0 Å². The summed E-state index contributed by atoms with van der Waals surface area (Å²) in [6, 6.07) is 8.39. The molecule has 0 spiro atoms. The van der Waals surface area contributed by atoms with Crippen molar-refractivity contribution in [3.8, 4) is 10.6 Å². The van der Waals surface area contributed by atoms with Gasteiger partial charge in [-0.05, 0) is 44.4 Å². The molecule has 0 saturated carbocycles. The van der Waals surface area contributed by atoms with Gasteiger partial charge in [0.1, 0.15) is 5.01 Å². The highest BCUT2D eigenvalue weighted by atomic mass is 79.9. The molecule has 1 aromatic heterocycles. The summed E-state index contributed by atoms with van der Waals surface area (Å²) in [5, 5.41) is 2.36. The molecule has 0 fully saturated rings. The zero-order chi connectivity index (χ0) is 12.7. The standard InChI is InChI=1S/C15H14BrNS/c1-9-3-4-10(2)14-13(9)17-15(18-14)11-5-7-12(16)8-6-11/h5-8H,3-4H2,1-2H3. The van der Waals surface area contributed by atoms with E-state index in [1.54, 1.807) is 0 Å². The van der Waals surface area contributed by atoms with Crippen molar-refractivity contribution in [2.75, 3.05) is 0 Å². The first-order valence-corrected chi connectivity index (χ1v) is 7.68. The SMILES string of the molecule is CC1=c2nc(-c3ccc(Br)cc3)sc2=C(C)CC1. The van der Waals surface area contributed by atoms with E-state index in [4.69, 9.17) is 4.98 Å². The second-order valence-corrected chi connectivity index (χ2v) is 6.68. The molecule has 0 unspecified atom stereocenters. The molecule has 1 nitrogen and oxygen atoms in total. The van der Waals surface area contributed by atoms with Crippen molar-refractivity contribution < 1.29 is 0 Å². The summed E-state index contributed by atoms with van der Waals surface area (Å²) in [5.41, 5.74) is 4.12. The molecule has 0 N–H and O–H groups in total. The molecule has 0 saturated heterocycles. The summed E-state index contributed by atoms with van der Waals surface area (Å²) < 4.78 is 2.50. The third-order valence-corrected chi connectivity index (χ3v) is 5.18. The number of nitrogens with zero attached hydrogens (tertiary/aromatic N) is 1. The third kappa shape index (κ3) is 2.06. The molecule has 18 heavy (non-hydrogen) atoms. The highest BCUT2D eigenvalue weighted by Gasteiger charge is 2.11. The minimum atomic E-state index is 1.11. The van der Waals surface area contributed by atoms with Crippen LogP contribution in [0.1, 0.15) is 26.7 Å². The van der Waals surface area contributed by atoms with Crippen molar-refractivity contribution in [2.45, 2.75) is 26.7 Å². The van der Waals surface area contributed by atoms with Gasteiger partial charge in [-0.2, -0.15) is 0 Å². The lowest BCUT2D eigenvalue weighted by atomic mass is 10.0. The zero-order valence-corrected chi connectivity index (χ0v) is 12.9. The Balaban J connectivity index is 2.23. The first-order chi connectivity index (χ1) is 8.65. The number of rotatable bonds is 1. The molecule has 0 aliphatic heterocycles. The normalized spacial score (nSPS) is 14.8. The monoisotopic (exact) mass is 319 g/mol. The Morgan fingerprint density at radius 2 is 1.72 bits per heavy atom. The summed E-state index contributed by atoms with van der Waals surface area (Å²) >= 11 is 5.29. The van der Waals surface area contributed by atoms with E-state index in [2.05, 4.69) is 54.0 Å². The maximum absolute atomic E-state index is 4.83. The van der Waals surface area contributed by atoms with Crippen LogP contribution >= 0.6 is 27.3 Å². The lowest BCUT2D eigenvalue weighted by Gasteiger charge is -2.05. The number of aromatic nitrogens is 1. The fraction of sp³-hybridized carbons (Fsp3) is 0.267. The molecule has 92 valence electrons. The maximum atomic E-state index is 4.83. The Kier molecular flexibility index (Phi) is 3.12. The lowest BCUT2D eigenvalue weighted by Crippen LogP contribution is -2.28. The number of benzene rings is 1. The number of hydrogen-bond donors (Lipinski definition) is 0. The van der Waals surface area contributed by atoms with Gasteiger partial charge in [0.2, 0.25) is 0 Å². The molecule has 1 aliphatic carbocycles. The van der Waals surface area contributed by atoms with Crippen LogP contribution < -0.4 is 9.88 Å². The number of hydrogen-bond acceptors (Lipinski definition) is 2. The second kappa shape index (κ2) is 4.63. The zero-order valence-electron chi connectivity index (χ0n) is 10.5. The number of thiazole rings is 1. The van der Waals surface area contributed by atoms with Crippen LogP contribution in [0.25, 0.3) is 21.7 Å². The smallest absolute Gasteiger partial charge is 0.124 e. The molecular formula is C15H14BrNS. The molecule has 1 aliphatic rings. The molecule has 3 rings (SSSR count). The van der Waals surface area contributed by atoms with E-state index in [9.17, 15) is 0 Å². The Bertz CT molecular complexity index is 670. The van der Waals surface area contributed by atoms with Crippen LogP contribution in [0.4, 0.5) is 0 Å². The van der Waals surface area contributed by atoms with Gasteiger partial charge < -0.3 is 0 Å². The van der Waals surface area contributed by atoms with Crippen LogP contribution in [0.3, 0.4) is 0 Å². The van der Waals surface area contributed by atoms with E-state index in [1.165, 1.54) is 33.0 Å². The quantitative estimate of drug-likeness (QED) is 0.781. The van der Waals surface area contributed by atoms with Gasteiger partial charge in [0, 0.05) is 10.0 Å². The van der Waals surface area contributed by atoms with Crippen molar-refractivity contribution >= 4 is 38.4 Å². The molecule has 1 aromatic carbocycles. The van der Waals surface area contributed by atoms with E-state index in [1.807, 2.05) is 11.3 Å². The van der Waals surface area contributed by atoms with Crippen molar-refractivity contribution in [3.63, 3.8) is 0 Å². The molecular weight excluding hydrogens is 306 g/mol. The van der Waals surface area contributed by atoms with E-state index in [0.717, 1.165) is 15.9 Å². The van der Waals surface area contributed by atoms with Gasteiger partial charge in [-0.15, -0.1) is 11.3 Å². The van der Waals surface area contributed by atoms with E-state index in [-0.39, 0.29) is 0 Å². The predicted molar refractivity (Wildman–Crippen MR) is 81.9 cm³/mol. The Morgan fingerprint density at radius 1 is 1.06 bits per heavy atom. The van der Waals surface area contributed by atoms with E-state index < -0.39 is 0 Å². The third-order valence-electron chi connectivity index (χ3n) is 3.39. The van der Waals surface area contributed by atoms with Gasteiger partial charge in [0.25, 0.3) is 0 Å². The Labute approximate surface area is 119 Å². The number of fused-ring (bicyclic) bond motifs is 1. The molecule has 0 radical (unpaired) electrons. The van der Waals surface area contributed by atoms with Gasteiger partial charge in [-0.1, -0.05) is 33.6 Å². The van der Waals surface area contributed by atoms with E-state index in [0.29, 0.717) is 0 Å². The Hall–Kier alpha value is -0.930. The van der Waals surface area contributed by atoms with Crippen LogP contribution in [0, 0.1) is 0 Å². The molecule has 0 bridgehead atoms. The minimum Gasteiger partial charge on any atom is -0.236 e. The maximum Gasteiger partial charge on any atom is 0.124 e. The number of halogens is 1. The van der Waals surface area contributed by atoms with Crippen molar-refractivity contribution in [1.29, 1.82) is 0 Å². The predicted octanol–water partition coefficient (Wildman–Crippen LogP) is 3.71.